The Morgan fingerprint density at radius 2 is 2.12 bits per heavy atom. The summed E-state index contributed by atoms with van der Waals surface area (Å²) in [6.07, 6.45) is 0. The highest BCUT2D eigenvalue weighted by molar-refractivity contribution is 7.08. The lowest BCUT2D eigenvalue weighted by Gasteiger charge is -2.04. The Morgan fingerprint density at radius 3 is 2.71 bits per heavy atom. The topological polar surface area (TPSA) is 54.9 Å². The molecular weight excluding hydrogens is 281 g/mol. The van der Waals surface area contributed by atoms with Gasteiger partial charge in [-0.05, 0) is 29.5 Å². The highest BCUT2D eigenvalue weighted by Crippen LogP contribution is 2.18. The number of nitrogens with zero attached hydrogens (tertiary/aromatic N) is 2. The molecule has 0 spiro atoms. The number of anilines is 1. The maximum atomic E-state index is 11.9. The van der Waals surface area contributed by atoms with Crippen molar-refractivity contribution in [2.24, 2.45) is 0 Å². The van der Waals surface area contributed by atoms with Gasteiger partial charge in [0.1, 0.15) is 11.0 Å². The molecule has 0 radical (unpaired) electrons. The summed E-state index contributed by atoms with van der Waals surface area (Å²) in [5.74, 6) is 0.0418. The number of nitrogens with one attached hydrogen (secondary N) is 1. The van der Waals surface area contributed by atoms with Crippen LogP contribution in [0, 0.1) is 6.92 Å². The number of carbonyl (C=O) groups excluding carboxylic acids is 1. The summed E-state index contributed by atoms with van der Waals surface area (Å²) in [5.41, 5.74) is 1.53. The SMILES string of the molecule is Cc1cscc1C(=O)Nc1cc(Cl)nc(Cl)n1. The molecule has 2 aromatic heterocycles. The summed E-state index contributed by atoms with van der Waals surface area (Å²) < 4.78 is 0. The van der Waals surface area contributed by atoms with Crippen molar-refractivity contribution in [3.05, 3.63) is 38.4 Å². The molecule has 1 N–H and O–H groups in total. The Kier molecular flexibility index (Phi) is 3.61. The van der Waals surface area contributed by atoms with Gasteiger partial charge in [0, 0.05) is 11.4 Å². The molecule has 0 aliphatic heterocycles. The summed E-state index contributed by atoms with van der Waals surface area (Å²) in [6.45, 7) is 1.87. The lowest BCUT2D eigenvalue weighted by molar-refractivity contribution is 0.102. The summed E-state index contributed by atoms with van der Waals surface area (Å²) in [7, 11) is 0. The van der Waals surface area contributed by atoms with E-state index in [1.54, 1.807) is 5.38 Å². The molecule has 2 heterocycles. The van der Waals surface area contributed by atoms with Crippen LogP contribution in [-0.4, -0.2) is 15.9 Å². The van der Waals surface area contributed by atoms with Gasteiger partial charge < -0.3 is 5.32 Å². The van der Waals surface area contributed by atoms with Crippen molar-refractivity contribution in [1.29, 1.82) is 0 Å². The van der Waals surface area contributed by atoms with Gasteiger partial charge in [-0.3, -0.25) is 4.79 Å². The average Bonchev–Trinajstić information content (AvgIpc) is 2.62. The number of rotatable bonds is 2. The van der Waals surface area contributed by atoms with Gasteiger partial charge in [0.05, 0.1) is 5.56 Å². The Hall–Kier alpha value is -1.17. The van der Waals surface area contributed by atoms with Gasteiger partial charge in [-0.25, -0.2) is 9.97 Å². The van der Waals surface area contributed by atoms with Crippen molar-refractivity contribution in [1.82, 2.24) is 9.97 Å². The first-order valence-corrected chi connectivity index (χ1v) is 6.30. The van der Waals surface area contributed by atoms with Gasteiger partial charge in [0.25, 0.3) is 5.91 Å². The van der Waals surface area contributed by atoms with E-state index in [0.29, 0.717) is 5.56 Å². The van der Waals surface area contributed by atoms with Crippen LogP contribution in [0.3, 0.4) is 0 Å². The number of carbonyl (C=O) groups is 1. The molecule has 0 saturated carbocycles. The predicted octanol–water partition coefficient (Wildman–Crippen LogP) is 3.41. The Morgan fingerprint density at radius 1 is 1.35 bits per heavy atom. The minimum Gasteiger partial charge on any atom is -0.306 e. The number of hydrogen-bond acceptors (Lipinski definition) is 4. The number of halogens is 2. The molecule has 1 amide bonds. The number of amides is 1. The van der Waals surface area contributed by atoms with Gasteiger partial charge >= 0.3 is 0 Å². The molecule has 0 fully saturated rings. The second-order valence-corrected chi connectivity index (χ2v) is 4.74. The van der Waals surface area contributed by atoms with Gasteiger partial charge in [-0.1, -0.05) is 11.6 Å². The maximum Gasteiger partial charge on any atom is 0.257 e. The first kappa shape index (κ1) is 12.3. The number of aryl methyl sites for hydroxylation is 1. The minimum atomic E-state index is -0.241. The van der Waals surface area contributed by atoms with E-state index < -0.39 is 0 Å². The molecule has 4 nitrogen and oxygen atoms in total. The largest absolute Gasteiger partial charge is 0.306 e. The van der Waals surface area contributed by atoms with E-state index >= 15 is 0 Å². The Labute approximate surface area is 112 Å². The van der Waals surface area contributed by atoms with Crippen LogP contribution in [0.25, 0.3) is 0 Å². The van der Waals surface area contributed by atoms with Crippen molar-refractivity contribution >= 4 is 46.3 Å². The van der Waals surface area contributed by atoms with E-state index in [1.165, 1.54) is 17.4 Å². The molecule has 2 aromatic rings. The summed E-state index contributed by atoms with van der Waals surface area (Å²) in [5, 5.41) is 6.46. The summed E-state index contributed by atoms with van der Waals surface area (Å²) in [6, 6.07) is 1.44. The highest BCUT2D eigenvalue weighted by atomic mass is 35.5. The normalized spacial score (nSPS) is 10.3. The van der Waals surface area contributed by atoms with Gasteiger partial charge in [0.15, 0.2) is 0 Å². The van der Waals surface area contributed by atoms with Crippen LogP contribution in [-0.2, 0) is 0 Å². The minimum absolute atomic E-state index is 0.00478. The van der Waals surface area contributed by atoms with Crippen molar-refractivity contribution < 1.29 is 4.79 Å². The molecule has 0 aliphatic carbocycles. The monoisotopic (exact) mass is 287 g/mol. The molecule has 0 bridgehead atoms. The fraction of sp³-hybridized carbons (Fsp3) is 0.100. The van der Waals surface area contributed by atoms with Crippen molar-refractivity contribution in [3.63, 3.8) is 0 Å². The van der Waals surface area contributed by atoms with Gasteiger partial charge in [-0.15, -0.1) is 0 Å². The molecule has 17 heavy (non-hydrogen) atoms. The van der Waals surface area contributed by atoms with Crippen molar-refractivity contribution in [3.8, 4) is 0 Å². The van der Waals surface area contributed by atoms with Crippen molar-refractivity contribution in [2.45, 2.75) is 6.92 Å². The van der Waals surface area contributed by atoms with Crippen LogP contribution >= 0.6 is 34.5 Å². The lowest BCUT2D eigenvalue weighted by Crippen LogP contribution is -2.13. The fourth-order valence-corrected chi connectivity index (χ4v) is 2.47. The lowest BCUT2D eigenvalue weighted by atomic mass is 10.2. The molecule has 88 valence electrons. The molecule has 0 aromatic carbocycles. The maximum absolute atomic E-state index is 11.9. The molecule has 7 heteroatoms. The molecule has 0 atom stereocenters. The zero-order valence-electron chi connectivity index (χ0n) is 8.70. The number of aromatic nitrogens is 2. The Balaban J connectivity index is 2.21. The Bertz CT molecular complexity index is 550. The van der Waals surface area contributed by atoms with Crippen LogP contribution in [0.5, 0.6) is 0 Å². The zero-order chi connectivity index (χ0) is 12.4. The molecule has 0 aliphatic rings. The summed E-state index contributed by atoms with van der Waals surface area (Å²) in [4.78, 5) is 19.4. The van der Waals surface area contributed by atoms with Crippen LogP contribution in [0.15, 0.2) is 16.8 Å². The van der Waals surface area contributed by atoms with Gasteiger partial charge in [-0.2, -0.15) is 11.3 Å². The van der Waals surface area contributed by atoms with E-state index in [-0.39, 0.29) is 22.2 Å². The van der Waals surface area contributed by atoms with Crippen molar-refractivity contribution in [2.75, 3.05) is 5.32 Å². The number of thiophene rings is 1. The first-order valence-electron chi connectivity index (χ1n) is 4.60. The zero-order valence-corrected chi connectivity index (χ0v) is 11.0. The van der Waals surface area contributed by atoms with Crippen LogP contribution in [0.4, 0.5) is 5.82 Å². The van der Waals surface area contributed by atoms with E-state index in [1.807, 2.05) is 12.3 Å². The number of hydrogen-bond donors (Lipinski definition) is 1. The third kappa shape index (κ3) is 2.94. The molecular formula is C10H7Cl2N3OS. The smallest absolute Gasteiger partial charge is 0.257 e. The van der Waals surface area contributed by atoms with Crippen LogP contribution in [0.1, 0.15) is 15.9 Å². The quantitative estimate of drug-likeness (QED) is 0.680. The predicted molar refractivity (Wildman–Crippen MR) is 69.1 cm³/mol. The third-order valence-corrected chi connectivity index (χ3v) is 3.23. The second-order valence-electron chi connectivity index (χ2n) is 3.27. The third-order valence-electron chi connectivity index (χ3n) is 2.01. The van der Waals surface area contributed by atoms with Crippen LogP contribution < -0.4 is 5.32 Å². The van der Waals surface area contributed by atoms with Gasteiger partial charge in [0.2, 0.25) is 5.28 Å². The van der Waals surface area contributed by atoms with E-state index in [4.69, 9.17) is 23.2 Å². The van der Waals surface area contributed by atoms with E-state index in [0.717, 1.165) is 5.56 Å². The van der Waals surface area contributed by atoms with E-state index in [9.17, 15) is 4.79 Å². The van der Waals surface area contributed by atoms with Crippen LogP contribution in [0.2, 0.25) is 10.4 Å². The average molecular weight is 288 g/mol. The summed E-state index contributed by atoms with van der Waals surface area (Å²) >= 11 is 12.8. The molecule has 0 saturated heterocycles. The second kappa shape index (κ2) is 5.00. The first-order chi connectivity index (χ1) is 8.06. The van der Waals surface area contributed by atoms with E-state index in [2.05, 4.69) is 15.3 Å². The molecule has 2 rings (SSSR count). The standard InChI is InChI=1S/C10H7Cl2N3OS/c1-5-3-17-4-6(5)9(16)14-8-2-7(11)13-10(12)15-8/h2-4H,1H3,(H,13,14,15,16). The molecule has 0 unspecified atom stereocenters. The highest BCUT2D eigenvalue weighted by Gasteiger charge is 2.11. The fourth-order valence-electron chi connectivity index (χ4n) is 1.23.